The van der Waals surface area contributed by atoms with E-state index in [9.17, 15) is 0 Å². The molecule has 0 saturated heterocycles. The second-order valence-corrected chi connectivity index (χ2v) is 15.4. The average Bonchev–Trinajstić information content (AvgIpc) is 4.03. The Kier molecular flexibility index (Phi) is 8.75. The SMILES string of the molecule is COc1ccc(C2=NC(=C3C=Cc4ccccc4C34c3cc5ccccc5cc3-c3nc(-c5ccc(OC)cc5)c(-c5ccc(OC)cc5)n34)N=C2c2ccc(OC)cc2)cc1. The Bertz CT molecular complexity index is 3130. The molecular formula is C54H40N4O4. The first-order valence-corrected chi connectivity index (χ1v) is 20.5. The van der Waals surface area contributed by atoms with E-state index in [0.29, 0.717) is 5.82 Å². The molecule has 3 aliphatic rings. The molecule has 0 radical (unpaired) electrons. The van der Waals surface area contributed by atoms with Crippen LogP contribution in [0.4, 0.5) is 0 Å². The van der Waals surface area contributed by atoms with Crippen molar-refractivity contribution in [2.24, 2.45) is 9.98 Å². The Hall–Kier alpha value is -7.97. The zero-order valence-corrected chi connectivity index (χ0v) is 34.6. The second-order valence-electron chi connectivity index (χ2n) is 15.4. The molecule has 8 nitrogen and oxygen atoms in total. The van der Waals surface area contributed by atoms with Crippen LogP contribution in [-0.2, 0) is 5.54 Å². The van der Waals surface area contributed by atoms with Crippen molar-refractivity contribution in [2.45, 2.75) is 5.54 Å². The summed E-state index contributed by atoms with van der Waals surface area (Å²) >= 11 is 0. The van der Waals surface area contributed by atoms with E-state index in [0.717, 1.165) is 112 Å². The van der Waals surface area contributed by atoms with E-state index in [1.807, 2.05) is 72.8 Å². The highest BCUT2D eigenvalue weighted by atomic mass is 16.5. The summed E-state index contributed by atoms with van der Waals surface area (Å²) in [6.07, 6.45) is 4.41. The number of aromatic nitrogens is 2. The van der Waals surface area contributed by atoms with Crippen molar-refractivity contribution in [3.63, 3.8) is 0 Å². The van der Waals surface area contributed by atoms with Crippen LogP contribution in [0.5, 0.6) is 23.0 Å². The van der Waals surface area contributed by atoms with Gasteiger partial charge in [-0.15, -0.1) is 0 Å². The van der Waals surface area contributed by atoms with E-state index < -0.39 is 5.54 Å². The molecule has 11 rings (SSSR count). The molecule has 7 aromatic carbocycles. The molecule has 1 aromatic heterocycles. The third-order valence-corrected chi connectivity index (χ3v) is 12.3. The van der Waals surface area contributed by atoms with Crippen molar-refractivity contribution in [1.29, 1.82) is 0 Å². The third kappa shape index (κ3) is 5.64. The van der Waals surface area contributed by atoms with E-state index in [1.54, 1.807) is 28.4 Å². The number of aliphatic imine (C=N–C) groups is 2. The lowest BCUT2D eigenvalue weighted by Gasteiger charge is -2.39. The van der Waals surface area contributed by atoms with Crippen LogP contribution in [0.2, 0.25) is 0 Å². The first-order chi connectivity index (χ1) is 30.5. The van der Waals surface area contributed by atoms with Crippen LogP contribution in [0.1, 0.15) is 27.8 Å². The molecule has 8 aromatic rings. The number of benzene rings is 7. The summed E-state index contributed by atoms with van der Waals surface area (Å²) in [7, 11) is 6.73. The fourth-order valence-electron chi connectivity index (χ4n) is 9.28. The molecule has 1 atom stereocenters. The minimum atomic E-state index is -0.976. The molecule has 1 unspecified atom stereocenters. The molecule has 8 heteroatoms. The van der Waals surface area contributed by atoms with Crippen LogP contribution < -0.4 is 18.9 Å². The number of nitrogens with zero attached hydrogens (tertiary/aromatic N) is 4. The highest BCUT2D eigenvalue weighted by Gasteiger charge is 2.53. The van der Waals surface area contributed by atoms with Gasteiger partial charge < -0.3 is 23.5 Å². The van der Waals surface area contributed by atoms with E-state index >= 15 is 0 Å². The van der Waals surface area contributed by atoms with Crippen molar-refractivity contribution < 1.29 is 18.9 Å². The van der Waals surface area contributed by atoms with Gasteiger partial charge in [0.15, 0.2) is 5.82 Å². The Morgan fingerprint density at radius 3 is 1.50 bits per heavy atom. The summed E-state index contributed by atoms with van der Waals surface area (Å²) in [5.74, 6) is 4.53. The van der Waals surface area contributed by atoms with Gasteiger partial charge in [0.05, 0.1) is 51.3 Å². The highest BCUT2D eigenvalue weighted by molar-refractivity contribution is 6.55. The van der Waals surface area contributed by atoms with Crippen molar-refractivity contribution in [3.05, 3.63) is 203 Å². The van der Waals surface area contributed by atoms with E-state index in [2.05, 4.69) is 102 Å². The van der Waals surface area contributed by atoms with Gasteiger partial charge in [-0.3, -0.25) is 0 Å². The van der Waals surface area contributed by atoms with Gasteiger partial charge in [0.2, 0.25) is 0 Å². The van der Waals surface area contributed by atoms with Gasteiger partial charge in [-0.25, -0.2) is 15.0 Å². The lowest BCUT2D eigenvalue weighted by molar-refractivity contribution is 0.414. The van der Waals surface area contributed by atoms with E-state index in [4.69, 9.17) is 33.9 Å². The van der Waals surface area contributed by atoms with Crippen molar-refractivity contribution >= 4 is 28.3 Å². The minimum absolute atomic E-state index is 0.611. The van der Waals surface area contributed by atoms with E-state index in [-0.39, 0.29) is 0 Å². The number of hydrogen-bond donors (Lipinski definition) is 0. The van der Waals surface area contributed by atoms with Gasteiger partial charge in [-0.2, -0.15) is 0 Å². The first kappa shape index (κ1) is 37.1. The third-order valence-electron chi connectivity index (χ3n) is 12.3. The standard InChI is InChI=1S/C54H40N4O4/c1-59-40-22-13-34(14-23-40)48-49(35-15-24-41(60-2)25-16-35)56-52(55-48)46-30-21-33-9-7-8-12-45(33)54(46)47-32-39-11-6-5-10-38(39)31-44(47)53-57-50(36-17-26-42(61-3)27-18-36)51(58(53)54)37-19-28-43(62-4)29-20-37/h5-32H,1-4H3. The van der Waals surface area contributed by atoms with Gasteiger partial charge in [-0.1, -0.05) is 60.7 Å². The molecule has 0 bridgehead atoms. The lowest BCUT2D eigenvalue weighted by atomic mass is 9.71. The summed E-state index contributed by atoms with van der Waals surface area (Å²) in [4.78, 5) is 16.8. The predicted molar refractivity (Wildman–Crippen MR) is 247 cm³/mol. The molecule has 62 heavy (non-hydrogen) atoms. The van der Waals surface area contributed by atoms with Gasteiger partial charge in [0, 0.05) is 33.4 Å². The molecule has 2 aliphatic heterocycles. The van der Waals surface area contributed by atoms with Crippen molar-refractivity contribution in [2.75, 3.05) is 28.4 Å². The second kappa shape index (κ2) is 14.6. The van der Waals surface area contributed by atoms with Crippen molar-refractivity contribution in [3.8, 4) is 56.9 Å². The first-order valence-electron chi connectivity index (χ1n) is 20.5. The maximum atomic E-state index is 5.68. The smallest absolute Gasteiger partial charge is 0.159 e. The molecule has 1 aliphatic carbocycles. The van der Waals surface area contributed by atoms with Gasteiger partial charge in [0.25, 0.3) is 0 Å². The molecule has 300 valence electrons. The van der Waals surface area contributed by atoms with Crippen LogP contribution in [0.25, 0.3) is 50.8 Å². The molecule has 0 N–H and O–H groups in total. The summed E-state index contributed by atoms with van der Waals surface area (Å²) in [6.45, 7) is 0. The van der Waals surface area contributed by atoms with Gasteiger partial charge in [0.1, 0.15) is 34.4 Å². The molecule has 1 spiro atoms. The summed E-state index contributed by atoms with van der Waals surface area (Å²) in [5.41, 5.74) is 11.4. The molecule has 0 amide bonds. The van der Waals surface area contributed by atoms with Crippen LogP contribution in [0.15, 0.2) is 185 Å². The largest absolute Gasteiger partial charge is 0.497 e. The van der Waals surface area contributed by atoms with Crippen molar-refractivity contribution in [1.82, 2.24) is 9.55 Å². The maximum Gasteiger partial charge on any atom is 0.159 e. The van der Waals surface area contributed by atoms with Crippen LogP contribution >= 0.6 is 0 Å². The summed E-state index contributed by atoms with van der Waals surface area (Å²) < 4.78 is 24.9. The quantitative estimate of drug-likeness (QED) is 0.153. The fourth-order valence-corrected chi connectivity index (χ4v) is 9.28. The van der Waals surface area contributed by atoms with Crippen LogP contribution in [0.3, 0.4) is 0 Å². The average molecular weight is 809 g/mol. The Balaban J connectivity index is 1.29. The van der Waals surface area contributed by atoms with Gasteiger partial charge in [-0.05, 0) is 137 Å². The number of fused-ring (bicyclic) bond motifs is 8. The lowest BCUT2D eigenvalue weighted by Crippen LogP contribution is -2.38. The Morgan fingerprint density at radius 1 is 0.468 bits per heavy atom. The zero-order valence-electron chi connectivity index (χ0n) is 34.6. The number of hydrogen-bond acceptors (Lipinski definition) is 7. The maximum absolute atomic E-state index is 5.68. The topological polar surface area (TPSA) is 79.5 Å². The molecular weight excluding hydrogens is 769 g/mol. The fraction of sp³-hybridized carbons (Fsp3) is 0.0926. The number of imidazole rings is 1. The predicted octanol–water partition coefficient (Wildman–Crippen LogP) is 11.4. The monoisotopic (exact) mass is 808 g/mol. The van der Waals surface area contributed by atoms with Crippen LogP contribution in [0, 0.1) is 0 Å². The number of methoxy groups -OCH3 is 4. The molecule has 0 fully saturated rings. The van der Waals surface area contributed by atoms with E-state index in [1.165, 1.54) is 0 Å². The Labute approximate surface area is 359 Å². The summed E-state index contributed by atoms with van der Waals surface area (Å²) in [5, 5.41) is 2.26. The van der Waals surface area contributed by atoms with Gasteiger partial charge >= 0.3 is 0 Å². The molecule has 0 saturated carbocycles. The number of allylic oxidation sites excluding steroid dienone is 2. The van der Waals surface area contributed by atoms with Crippen LogP contribution in [-0.4, -0.2) is 49.4 Å². The Morgan fingerprint density at radius 2 is 0.952 bits per heavy atom. The molecule has 3 heterocycles. The zero-order chi connectivity index (χ0) is 42.0. The summed E-state index contributed by atoms with van der Waals surface area (Å²) in [6, 6.07) is 54.3. The number of ether oxygens (including phenoxy) is 4. The highest BCUT2D eigenvalue weighted by Crippen LogP contribution is 2.59. The minimum Gasteiger partial charge on any atom is -0.497 e. The normalized spacial score (nSPS) is 15.9. The number of rotatable bonds is 8.